The number of aromatic nitrogens is 1. The van der Waals surface area contributed by atoms with Crippen LogP contribution in [0.2, 0.25) is 5.02 Å². The molecule has 2 heterocycles. The number of nitrogens with zero attached hydrogens (tertiary/aromatic N) is 3. The van der Waals surface area contributed by atoms with Gasteiger partial charge in [-0.1, -0.05) is 29.5 Å². The number of nitrogens with one attached hydrogen (secondary N) is 3. The fraction of sp³-hybridized carbons (Fsp3) is 0.211. The number of hydrogen-bond acceptors (Lipinski definition) is 6. The number of hydrogen-bond donors (Lipinski definition) is 3. The van der Waals surface area contributed by atoms with Gasteiger partial charge in [-0.25, -0.2) is 15.4 Å². The summed E-state index contributed by atoms with van der Waals surface area (Å²) >= 11 is 5.96. The summed E-state index contributed by atoms with van der Waals surface area (Å²) in [5, 5.41) is 7.81. The van der Waals surface area contributed by atoms with E-state index in [0.29, 0.717) is 16.6 Å². The number of rotatable bonds is 4. The monoisotopic (exact) mass is 382 g/mol. The molecule has 1 amide bonds. The van der Waals surface area contributed by atoms with Gasteiger partial charge in [0.2, 0.25) is 5.79 Å². The van der Waals surface area contributed by atoms with Gasteiger partial charge in [0.05, 0.1) is 0 Å². The molecule has 0 radical (unpaired) electrons. The van der Waals surface area contributed by atoms with Gasteiger partial charge in [0, 0.05) is 29.4 Å². The molecule has 1 aromatic heterocycles. The van der Waals surface area contributed by atoms with Gasteiger partial charge in [-0.15, -0.1) is 0 Å². The first kappa shape index (κ1) is 19.0. The molecule has 7 nitrogen and oxygen atoms in total. The highest BCUT2D eigenvalue weighted by Crippen LogP contribution is 2.19. The molecule has 27 heavy (non-hydrogen) atoms. The van der Waals surface area contributed by atoms with Gasteiger partial charge in [-0.2, -0.15) is 0 Å². The van der Waals surface area contributed by atoms with Crippen molar-refractivity contribution in [2.24, 2.45) is 4.99 Å². The summed E-state index contributed by atoms with van der Waals surface area (Å²) in [4.78, 5) is 21.5. The Hall–Kier alpha value is -2.76. The van der Waals surface area contributed by atoms with Crippen molar-refractivity contribution in [3.05, 3.63) is 64.4 Å². The molecule has 0 unspecified atom stereocenters. The lowest BCUT2D eigenvalue weighted by Gasteiger charge is -2.24. The Morgan fingerprint density at radius 2 is 1.81 bits per heavy atom. The van der Waals surface area contributed by atoms with E-state index in [-0.39, 0.29) is 5.91 Å². The summed E-state index contributed by atoms with van der Waals surface area (Å²) in [7, 11) is 4.98. The summed E-state index contributed by atoms with van der Waals surface area (Å²) in [5.74, 6) is 5.03. The molecule has 1 aromatic carbocycles. The lowest BCUT2D eigenvalue weighted by atomic mass is 10.2. The maximum atomic E-state index is 12.6. The Morgan fingerprint density at radius 3 is 2.41 bits per heavy atom. The number of pyridine rings is 1. The summed E-state index contributed by atoms with van der Waals surface area (Å²) in [6.07, 6.45) is 1.65. The Morgan fingerprint density at radius 1 is 1.07 bits per heavy atom. The Kier molecular flexibility index (Phi) is 5.54. The maximum Gasteiger partial charge on any atom is 0.301 e. The zero-order valence-electron chi connectivity index (χ0n) is 15.2. The Bertz CT molecular complexity index is 941. The number of likely N-dealkylation sites (N-methyl/N-ethyl adjacent to an activating group) is 2. The van der Waals surface area contributed by atoms with Crippen LogP contribution in [0.5, 0.6) is 0 Å². The highest BCUT2D eigenvalue weighted by Gasteiger charge is 2.47. The average molecular weight is 383 g/mol. The fourth-order valence-electron chi connectivity index (χ4n) is 2.66. The summed E-state index contributed by atoms with van der Waals surface area (Å²) in [5.41, 5.74) is 4.97. The zero-order chi connectivity index (χ0) is 19.4. The van der Waals surface area contributed by atoms with Crippen molar-refractivity contribution in [1.82, 2.24) is 26.1 Å². The van der Waals surface area contributed by atoms with Crippen LogP contribution in [0.1, 0.15) is 16.8 Å². The quantitative estimate of drug-likeness (QED) is 0.542. The largest absolute Gasteiger partial charge is 0.301 e. The van der Waals surface area contributed by atoms with Gasteiger partial charge in [-0.3, -0.25) is 20.4 Å². The topological polar surface area (TPSA) is 81.7 Å². The van der Waals surface area contributed by atoms with Crippen LogP contribution in [0.15, 0.2) is 47.6 Å². The summed E-state index contributed by atoms with van der Waals surface area (Å²) in [6.45, 7) is 0. The van der Waals surface area contributed by atoms with E-state index in [1.807, 2.05) is 18.2 Å². The molecule has 0 aliphatic carbocycles. The first-order valence-electron chi connectivity index (χ1n) is 8.26. The van der Waals surface area contributed by atoms with Crippen LogP contribution in [0.4, 0.5) is 0 Å². The predicted octanol–water partition coefficient (Wildman–Crippen LogP) is 0.951. The highest BCUT2D eigenvalue weighted by molar-refractivity contribution is 6.30. The Labute approximate surface area is 162 Å². The van der Waals surface area contributed by atoms with Crippen molar-refractivity contribution in [1.29, 1.82) is 0 Å². The second-order valence-corrected chi connectivity index (χ2v) is 6.14. The van der Waals surface area contributed by atoms with Gasteiger partial charge in [0.25, 0.3) is 0 Å². The number of amidine groups is 1. The predicted molar refractivity (Wildman–Crippen MR) is 105 cm³/mol. The number of carbonyl (C=O) groups is 1. The van der Waals surface area contributed by atoms with Gasteiger partial charge < -0.3 is 0 Å². The SMILES string of the molecule is CNN1C(=O)C(NC)(NC)N=C1c1ccc(C#Cc2cccc(Cl)c2)cn1. The lowest BCUT2D eigenvalue weighted by molar-refractivity contribution is -0.135. The second kappa shape index (κ2) is 7.86. The minimum atomic E-state index is -1.22. The van der Waals surface area contributed by atoms with Crippen molar-refractivity contribution < 1.29 is 4.79 Å². The highest BCUT2D eigenvalue weighted by atomic mass is 35.5. The van der Waals surface area contributed by atoms with Crippen LogP contribution in [-0.2, 0) is 4.79 Å². The van der Waals surface area contributed by atoms with Gasteiger partial charge in [0.1, 0.15) is 5.69 Å². The van der Waals surface area contributed by atoms with Crippen LogP contribution in [0, 0.1) is 11.8 Å². The molecule has 3 rings (SSSR count). The van der Waals surface area contributed by atoms with E-state index >= 15 is 0 Å². The van der Waals surface area contributed by atoms with Crippen LogP contribution in [0.25, 0.3) is 0 Å². The molecule has 0 saturated heterocycles. The molecule has 1 aliphatic heterocycles. The fourth-order valence-corrected chi connectivity index (χ4v) is 2.85. The summed E-state index contributed by atoms with van der Waals surface area (Å²) in [6, 6.07) is 11.0. The van der Waals surface area contributed by atoms with Crippen LogP contribution in [-0.4, -0.2) is 48.7 Å². The summed E-state index contributed by atoms with van der Waals surface area (Å²) < 4.78 is 0. The third-order valence-corrected chi connectivity index (χ3v) is 4.35. The smallest absolute Gasteiger partial charge is 0.275 e. The van der Waals surface area contributed by atoms with Crippen molar-refractivity contribution in [2.45, 2.75) is 5.79 Å². The molecule has 3 N–H and O–H groups in total. The van der Waals surface area contributed by atoms with E-state index in [2.05, 4.69) is 37.9 Å². The number of halogens is 1. The molecule has 0 fully saturated rings. The van der Waals surface area contributed by atoms with Crippen LogP contribution < -0.4 is 16.1 Å². The van der Waals surface area contributed by atoms with Crippen molar-refractivity contribution >= 4 is 23.3 Å². The van der Waals surface area contributed by atoms with E-state index in [4.69, 9.17) is 11.6 Å². The molecular formula is C19H19ClN6O. The second-order valence-electron chi connectivity index (χ2n) is 5.70. The molecule has 0 spiro atoms. The van der Waals surface area contributed by atoms with E-state index in [1.165, 1.54) is 5.01 Å². The standard InChI is InChI=1S/C19H19ClN6O/c1-21-19(22-2)18(27)26(23-3)17(25-19)16-10-9-14(12-24-16)8-7-13-5-4-6-15(20)11-13/h4-6,9-12,21-23H,1-3H3. The van der Waals surface area contributed by atoms with Crippen LogP contribution >= 0.6 is 11.6 Å². The minimum Gasteiger partial charge on any atom is -0.275 e. The number of amides is 1. The molecule has 0 saturated carbocycles. The number of benzene rings is 1. The van der Waals surface area contributed by atoms with Gasteiger partial charge in [0.15, 0.2) is 5.84 Å². The molecule has 8 heteroatoms. The van der Waals surface area contributed by atoms with Crippen molar-refractivity contribution in [2.75, 3.05) is 21.1 Å². The maximum absolute atomic E-state index is 12.6. The first-order chi connectivity index (χ1) is 13.0. The third kappa shape index (κ3) is 3.70. The van der Waals surface area contributed by atoms with E-state index in [0.717, 1.165) is 11.1 Å². The van der Waals surface area contributed by atoms with Crippen LogP contribution in [0.3, 0.4) is 0 Å². The van der Waals surface area contributed by atoms with Gasteiger partial charge >= 0.3 is 5.91 Å². The zero-order valence-corrected chi connectivity index (χ0v) is 15.9. The van der Waals surface area contributed by atoms with E-state index < -0.39 is 5.79 Å². The minimum absolute atomic E-state index is 0.267. The Balaban J connectivity index is 1.88. The number of hydrazine groups is 1. The normalized spacial score (nSPS) is 15.3. The lowest BCUT2D eigenvalue weighted by Crippen LogP contribution is -2.61. The average Bonchev–Trinajstić information content (AvgIpc) is 2.99. The van der Waals surface area contributed by atoms with Crippen molar-refractivity contribution in [3.63, 3.8) is 0 Å². The number of aliphatic imine (C=N–C) groups is 1. The first-order valence-corrected chi connectivity index (χ1v) is 8.64. The van der Waals surface area contributed by atoms with Crippen molar-refractivity contribution in [3.8, 4) is 11.8 Å². The van der Waals surface area contributed by atoms with E-state index in [9.17, 15) is 4.79 Å². The third-order valence-electron chi connectivity index (χ3n) is 4.11. The van der Waals surface area contributed by atoms with E-state index in [1.54, 1.807) is 45.5 Å². The molecule has 2 aromatic rings. The molecule has 0 atom stereocenters. The molecule has 138 valence electrons. The van der Waals surface area contributed by atoms with Gasteiger partial charge in [-0.05, 0) is 44.4 Å². The molecule has 1 aliphatic rings. The number of carbonyl (C=O) groups excluding carboxylic acids is 1. The molecule has 0 bridgehead atoms. The molecular weight excluding hydrogens is 364 g/mol.